The molecule has 2 bridgehead atoms. The van der Waals surface area contributed by atoms with E-state index in [0.29, 0.717) is 11.7 Å². The minimum Gasteiger partial charge on any atom is -0.484 e. The minimum atomic E-state index is -0.343. The molecule has 0 aromatic heterocycles. The molecule has 0 unspecified atom stereocenters. The summed E-state index contributed by atoms with van der Waals surface area (Å²) in [6.07, 6.45) is 3.29. The Morgan fingerprint density at radius 1 is 1.19 bits per heavy atom. The van der Waals surface area contributed by atoms with E-state index < -0.39 is 0 Å². The lowest BCUT2D eigenvalue weighted by molar-refractivity contribution is -0.127. The maximum atomic E-state index is 12.0. The molecule has 0 radical (unpaired) electrons. The topological polar surface area (TPSA) is 79.8 Å². The number of benzene rings is 1. The molecular formula is C20H27N3O3. The van der Waals surface area contributed by atoms with Gasteiger partial charge in [0.25, 0.3) is 11.8 Å². The fraction of sp³-hybridized carbons (Fsp3) is 0.550. The van der Waals surface area contributed by atoms with Crippen LogP contribution in [0.5, 0.6) is 5.75 Å². The highest BCUT2D eigenvalue weighted by atomic mass is 16.5. The van der Waals surface area contributed by atoms with Crippen LogP contribution in [0.1, 0.15) is 40.0 Å². The Balaban J connectivity index is 1.43. The third kappa shape index (κ3) is 3.45. The molecule has 1 aromatic carbocycles. The van der Waals surface area contributed by atoms with Crippen molar-refractivity contribution in [3.63, 3.8) is 0 Å². The van der Waals surface area contributed by atoms with Crippen LogP contribution in [0.2, 0.25) is 0 Å². The standard InChI is InChI=1S/C20H27N3O3/c1-19(2)14-9-10-20(19,3)16(11-14)22-23-17(24)12-21-18(25)13-26-15-7-5-4-6-8-15/h4-8,14H,9-13H2,1-3H3,(H,21,25)(H,23,24)/b22-16+/t14-,20+/m0/s1. The summed E-state index contributed by atoms with van der Waals surface area (Å²) in [4.78, 5) is 23.7. The number of fused-ring (bicyclic) bond motifs is 2. The SMILES string of the molecule is CC1(C)[C@H]2CC[C@]1(C)/C(=N/NC(=O)CNC(=O)COc1ccccc1)C2. The highest BCUT2D eigenvalue weighted by Gasteiger charge is 2.59. The van der Waals surface area contributed by atoms with Crippen LogP contribution < -0.4 is 15.5 Å². The van der Waals surface area contributed by atoms with E-state index in [9.17, 15) is 9.59 Å². The van der Waals surface area contributed by atoms with Crippen molar-refractivity contribution in [2.24, 2.45) is 21.8 Å². The summed E-state index contributed by atoms with van der Waals surface area (Å²) in [6, 6.07) is 9.08. The molecule has 2 saturated carbocycles. The summed E-state index contributed by atoms with van der Waals surface area (Å²) in [6.45, 7) is 6.59. The van der Waals surface area contributed by atoms with E-state index in [1.165, 1.54) is 6.42 Å². The van der Waals surface area contributed by atoms with Gasteiger partial charge in [0, 0.05) is 11.1 Å². The number of hydrogen-bond acceptors (Lipinski definition) is 4. The van der Waals surface area contributed by atoms with Gasteiger partial charge in [-0.15, -0.1) is 0 Å². The maximum absolute atomic E-state index is 12.0. The van der Waals surface area contributed by atoms with Crippen molar-refractivity contribution in [2.75, 3.05) is 13.2 Å². The van der Waals surface area contributed by atoms with Gasteiger partial charge in [-0.05, 0) is 42.7 Å². The molecule has 0 aliphatic heterocycles. The quantitative estimate of drug-likeness (QED) is 0.768. The first-order valence-corrected chi connectivity index (χ1v) is 9.13. The smallest absolute Gasteiger partial charge is 0.259 e. The number of hydrazone groups is 1. The second-order valence-electron chi connectivity index (χ2n) is 7.97. The second kappa shape index (κ2) is 7.09. The zero-order chi connectivity index (χ0) is 18.8. The fourth-order valence-corrected chi connectivity index (χ4v) is 4.16. The highest BCUT2D eigenvalue weighted by molar-refractivity contribution is 5.95. The van der Waals surface area contributed by atoms with Gasteiger partial charge in [-0.2, -0.15) is 5.10 Å². The third-order valence-electron chi connectivity index (χ3n) is 6.39. The van der Waals surface area contributed by atoms with E-state index in [4.69, 9.17) is 4.74 Å². The molecule has 2 aliphatic carbocycles. The van der Waals surface area contributed by atoms with Crippen LogP contribution in [-0.4, -0.2) is 30.7 Å². The summed E-state index contributed by atoms with van der Waals surface area (Å²) in [5, 5.41) is 6.92. The predicted octanol–water partition coefficient (Wildman–Crippen LogP) is 2.50. The van der Waals surface area contributed by atoms with Crippen LogP contribution in [-0.2, 0) is 9.59 Å². The number of carbonyl (C=O) groups excluding carboxylic acids is 2. The Hall–Kier alpha value is -2.37. The molecule has 0 heterocycles. The van der Waals surface area contributed by atoms with E-state index in [1.807, 2.05) is 18.2 Å². The fourth-order valence-electron chi connectivity index (χ4n) is 4.16. The third-order valence-corrected chi connectivity index (χ3v) is 6.39. The first-order chi connectivity index (χ1) is 12.3. The minimum absolute atomic E-state index is 0.0533. The van der Waals surface area contributed by atoms with Gasteiger partial charge < -0.3 is 10.1 Å². The summed E-state index contributed by atoms with van der Waals surface area (Å²) < 4.78 is 5.34. The molecule has 1 aromatic rings. The molecule has 6 nitrogen and oxygen atoms in total. The first kappa shape index (κ1) is 18.4. The van der Waals surface area contributed by atoms with E-state index in [1.54, 1.807) is 12.1 Å². The Morgan fingerprint density at radius 3 is 2.54 bits per heavy atom. The lowest BCUT2D eigenvalue weighted by Crippen LogP contribution is -2.39. The van der Waals surface area contributed by atoms with Gasteiger partial charge in [-0.25, -0.2) is 5.43 Å². The van der Waals surface area contributed by atoms with Gasteiger partial charge in [0.2, 0.25) is 0 Å². The van der Waals surface area contributed by atoms with Crippen LogP contribution in [0.25, 0.3) is 0 Å². The Bertz CT molecular complexity index is 714. The average molecular weight is 357 g/mol. The number of nitrogens with one attached hydrogen (secondary N) is 2. The summed E-state index contributed by atoms with van der Waals surface area (Å²) in [5.41, 5.74) is 3.95. The molecule has 2 amide bonds. The zero-order valence-corrected chi connectivity index (χ0v) is 15.7. The number of ether oxygens (including phenoxy) is 1. The Morgan fingerprint density at radius 2 is 1.92 bits per heavy atom. The molecule has 0 spiro atoms. The van der Waals surface area contributed by atoms with E-state index in [-0.39, 0.29) is 35.8 Å². The average Bonchev–Trinajstić information content (AvgIpc) is 2.97. The van der Waals surface area contributed by atoms with Crippen LogP contribution in [0.3, 0.4) is 0 Å². The van der Waals surface area contributed by atoms with Gasteiger partial charge in [0.1, 0.15) is 5.75 Å². The van der Waals surface area contributed by atoms with Crippen LogP contribution in [0.4, 0.5) is 0 Å². The molecule has 0 saturated heterocycles. The molecule has 6 heteroatoms. The number of amides is 2. The number of para-hydroxylation sites is 1. The van der Waals surface area contributed by atoms with Gasteiger partial charge in [-0.3, -0.25) is 9.59 Å². The van der Waals surface area contributed by atoms with E-state index in [0.717, 1.165) is 18.6 Å². The van der Waals surface area contributed by atoms with Crippen molar-refractivity contribution in [1.82, 2.24) is 10.7 Å². The largest absolute Gasteiger partial charge is 0.484 e. The van der Waals surface area contributed by atoms with Crippen molar-refractivity contribution in [2.45, 2.75) is 40.0 Å². The second-order valence-corrected chi connectivity index (χ2v) is 7.97. The van der Waals surface area contributed by atoms with Crippen molar-refractivity contribution in [3.05, 3.63) is 30.3 Å². The van der Waals surface area contributed by atoms with E-state index >= 15 is 0 Å². The number of carbonyl (C=O) groups is 2. The number of hydrogen-bond donors (Lipinski definition) is 2. The van der Waals surface area contributed by atoms with Crippen LogP contribution in [0, 0.1) is 16.7 Å². The molecule has 26 heavy (non-hydrogen) atoms. The summed E-state index contributed by atoms with van der Waals surface area (Å²) in [7, 11) is 0. The summed E-state index contributed by atoms with van der Waals surface area (Å²) in [5.74, 6) is 0.586. The lowest BCUT2D eigenvalue weighted by atomic mass is 9.70. The molecule has 140 valence electrons. The van der Waals surface area contributed by atoms with Gasteiger partial charge >= 0.3 is 0 Å². The van der Waals surface area contributed by atoms with Gasteiger partial charge in [0.15, 0.2) is 6.61 Å². The van der Waals surface area contributed by atoms with Crippen molar-refractivity contribution >= 4 is 17.5 Å². The van der Waals surface area contributed by atoms with Gasteiger partial charge in [0.05, 0.1) is 6.54 Å². The molecule has 2 aliphatic rings. The van der Waals surface area contributed by atoms with Gasteiger partial charge in [-0.1, -0.05) is 39.0 Å². The Labute approximate surface area is 154 Å². The molecule has 2 N–H and O–H groups in total. The van der Waals surface area contributed by atoms with Crippen molar-refractivity contribution in [3.8, 4) is 5.75 Å². The number of nitrogens with zero attached hydrogens (tertiary/aromatic N) is 1. The van der Waals surface area contributed by atoms with Crippen molar-refractivity contribution < 1.29 is 14.3 Å². The number of rotatable bonds is 6. The van der Waals surface area contributed by atoms with E-state index in [2.05, 4.69) is 36.6 Å². The lowest BCUT2D eigenvalue weighted by Gasteiger charge is -2.34. The highest BCUT2D eigenvalue weighted by Crippen LogP contribution is 2.63. The van der Waals surface area contributed by atoms with Crippen LogP contribution in [0.15, 0.2) is 35.4 Å². The molecule has 3 rings (SSSR count). The first-order valence-electron chi connectivity index (χ1n) is 9.13. The molecule has 2 fully saturated rings. The molecular weight excluding hydrogens is 330 g/mol. The molecule has 2 atom stereocenters. The summed E-state index contributed by atoms with van der Waals surface area (Å²) >= 11 is 0. The van der Waals surface area contributed by atoms with Crippen molar-refractivity contribution in [1.29, 1.82) is 0 Å². The monoisotopic (exact) mass is 357 g/mol. The van der Waals surface area contributed by atoms with Crippen LogP contribution >= 0.6 is 0 Å². The maximum Gasteiger partial charge on any atom is 0.259 e. The predicted molar refractivity (Wildman–Crippen MR) is 99.8 cm³/mol. The Kier molecular flexibility index (Phi) is 5.03. The zero-order valence-electron chi connectivity index (χ0n) is 15.7. The normalized spacial score (nSPS) is 27.3.